The van der Waals surface area contributed by atoms with Gasteiger partial charge in [0.15, 0.2) is 0 Å². The van der Waals surface area contributed by atoms with Gasteiger partial charge in [-0.3, -0.25) is 0 Å². The predicted molar refractivity (Wildman–Crippen MR) is 82.6 cm³/mol. The molecule has 0 saturated carbocycles. The van der Waals surface area contributed by atoms with Crippen LogP contribution in [0.15, 0.2) is 35.0 Å². The molecule has 2 aromatic heterocycles. The minimum absolute atomic E-state index is 0.368. The molecule has 0 saturated heterocycles. The molecule has 2 heterocycles. The molecule has 0 fully saturated rings. The fourth-order valence-electron chi connectivity index (χ4n) is 1.84. The van der Waals surface area contributed by atoms with Crippen LogP contribution in [-0.2, 0) is 0 Å². The van der Waals surface area contributed by atoms with E-state index < -0.39 is 0 Å². The van der Waals surface area contributed by atoms with Crippen LogP contribution >= 0.6 is 22.7 Å². The molecule has 0 aliphatic carbocycles. The van der Waals surface area contributed by atoms with E-state index in [9.17, 15) is 0 Å². The van der Waals surface area contributed by atoms with Crippen LogP contribution in [0.5, 0.6) is 0 Å². The molecule has 18 heavy (non-hydrogen) atoms. The van der Waals surface area contributed by atoms with E-state index in [1.165, 1.54) is 16.2 Å². The molecule has 0 radical (unpaired) electrons. The summed E-state index contributed by atoms with van der Waals surface area (Å²) >= 11 is 3.66. The van der Waals surface area contributed by atoms with E-state index in [0.29, 0.717) is 11.5 Å². The predicted octanol–water partition coefficient (Wildman–Crippen LogP) is 4.92. The number of nitrogens with one attached hydrogen (secondary N) is 1. The van der Waals surface area contributed by atoms with Crippen molar-refractivity contribution in [3.8, 4) is 0 Å². The largest absolute Gasteiger partial charge is 0.305 e. The summed E-state index contributed by atoms with van der Waals surface area (Å²) in [6.07, 6.45) is 1.19. The van der Waals surface area contributed by atoms with Crippen molar-refractivity contribution in [2.24, 2.45) is 5.41 Å². The maximum atomic E-state index is 3.70. The maximum absolute atomic E-state index is 3.70. The zero-order chi connectivity index (χ0) is 13.0. The van der Waals surface area contributed by atoms with Crippen LogP contribution in [0.25, 0.3) is 0 Å². The van der Waals surface area contributed by atoms with Gasteiger partial charge in [0, 0.05) is 9.75 Å². The molecular formula is C15H21NS2. The van der Waals surface area contributed by atoms with Crippen molar-refractivity contribution >= 4 is 22.7 Å². The van der Waals surface area contributed by atoms with Gasteiger partial charge in [0.1, 0.15) is 0 Å². The molecule has 0 aromatic carbocycles. The Hall–Kier alpha value is -0.640. The second-order valence-corrected chi connectivity index (χ2v) is 7.69. The first-order valence-corrected chi connectivity index (χ1v) is 8.12. The summed E-state index contributed by atoms with van der Waals surface area (Å²) in [5.41, 5.74) is 0.391. The normalized spacial score (nSPS) is 12.2. The third kappa shape index (κ3) is 3.94. The molecule has 1 N–H and O–H groups in total. The van der Waals surface area contributed by atoms with Crippen LogP contribution in [0.4, 0.5) is 0 Å². The first-order valence-electron chi connectivity index (χ1n) is 6.36. The lowest BCUT2D eigenvalue weighted by atomic mass is 9.92. The average molecular weight is 279 g/mol. The second kappa shape index (κ2) is 6.00. The summed E-state index contributed by atoms with van der Waals surface area (Å²) in [7, 11) is 0. The van der Waals surface area contributed by atoms with Gasteiger partial charge < -0.3 is 5.32 Å². The van der Waals surface area contributed by atoms with Crippen LogP contribution in [0.2, 0.25) is 0 Å². The van der Waals surface area contributed by atoms with E-state index in [1.54, 1.807) is 0 Å². The first kappa shape index (κ1) is 13.8. The zero-order valence-electron chi connectivity index (χ0n) is 11.3. The monoisotopic (exact) mass is 279 g/mol. The average Bonchev–Trinajstić information content (AvgIpc) is 2.96. The van der Waals surface area contributed by atoms with Gasteiger partial charge in [0.25, 0.3) is 0 Å². The van der Waals surface area contributed by atoms with E-state index in [1.807, 2.05) is 22.7 Å². The Kier molecular flexibility index (Phi) is 4.60. The maximum Gasteiger partial charge on any atom is 0.0764 e. The van der Waals surface area contributed by atoms with Crippen molar-refractivity contribution in [1.82, 2.24) is 5.32 Å². The third-order valence-corrected chi connectivity index (χ3v) is 4.75. The summed E-state index contributed by atoms with van der Waals surface area (Å²) in [5.74, 6) is 0. The van der Waals surface area contributed by atoms with Crippen molar-refractivity contribution in [1.29, 1.82) is 0 Å². The Morgan fingerprint density at radius 3 is 2.00 bits per heavy atom. The number of thiophene rings is 2. The molecule has 0 atom stereocenters. The summed E-state index contributed by atoms with van der Waals surface area (Å²) in [6, 6.07) is 9.07. The highest BCUT2D eigenvalue weighted by atomic mass is 32.1. The van der Waals surface area contributed by atoms with Gasteiger partial charge >= 0.3 is 0 Å². The lowest BCUT2D eigenvalue weighted by molar-refractivity contribution is 0.362. The molecule has 1 nitrogen and oxygen atoms in total. The molecule has 3 heteroatoms. The molecule has 0 aliphatic rings. The van der Waals surface area contributed by atoms with E-state index in [4.69, 9.17) is 0 Å². The van der Waals surface area contributed by atoms with E-state index in [0.717, 1.165) is 6.54 Å². The highest BCUT2D eigenvalue weighted by Gasteiger charge is 2.17. The van der Waals surface area contributed by atoms with Crippen LogP contribution in [0.3, 0.4) is 0 Å². The number of rotatable bonds is 5. The van der Waals surface area contributed by atoms with Gasteiger partial charge in [-0.25, -0.2) is 0 Å². The molecule has 0 unspecified atom stereocenters. The van der Waals surface area contributed by atoms with Crippen molar-refractivity contribution in [2.45, 2.75) is 33.2 Å². The minimum Gasteiger partial charge on any atom is -0.305 e. The Bertz CT molecular complexity index is 403. The molecule has 98 valence electrons. The smallest absolute Gasteiger partial charge is 0.0764 e. The topological polar surface area (TPSA) is 12.0 Å². The van der Waals surface area contributed by atoms with Crippen molar-refractivity contribution in [3.05, 3.63) is 44.8 Å². The Morgan fingerprint density at radius 2 is 1.61 bits per heavy atom. The van der Waals surface area contributed by atoms with Crippen LogP contribution in [-0.4, -0.2) is 6.54 Å². The van der Waals surface area contributed by atoms with Gasteiger partial charge in [-0.1, -0.05) is 32.9 Å². The number of hydrogen-bond acceptors (Lipinski definition) is 3. The summed E-state index contributed by atoms with van der Waals surface area (Å²) in [4.78, 5) is 2.82. The number of hydrogen-bond donors (Lipinski definition) is 1. The Balaban J connectivity index is 2.03. The first-order chi connectivity index (χ1) is 8.56. The molecule has 0 spiro atoms. The van der Waals surface area contributed by atoms with Gasteiger partial charge in [0.2, 0.25) is 0 Å². The van der Waals surface area contributed by atoms with Crippen LogP contribution in [0.1, 0.15) is 43.0 Å². The molecule has 0 bridgehead atoms. The summed E-state index contributed by atoms with van der Waals surface area (Å²) in [5, 5.41) is 8.01. The van der Waals surface area contributed by atoms with Crippen LogP contribution < -0.4 is 5.32 Å². The van der Waals surface area contributed by atoms with Gasteiger partial charge in [-0.05, 0) is 41.3 Å². The highest BCUT2D eigenvalue weighted by molar-refractivity contribution is 7.11. The third-order valence-electron chi connectivity index (χ3n) is 2.88. The van der Waals surface area contributed by atoms with Gasteiger partial charge in [0.05, 0.1) is 6.04 Å². The molecule has 2 rings (SSSR count). The second-order valence-electron chi connectivity index (χ2n) is 5.73. The highest BCUT2D eigenvalue weighted by Crippen LogP contribution is 2.29. The molecule has 2 aromatic rings. The Labute approximate surface area is 118 Å². The van der Waals surface area contributed by atoms with Gasteiger partial charge in [-0.2, -0.15) is 0 Å². The van der Waals surface area contributed by atoms with E-state index in [-0.39, 0.29) is 0 Å². The quantitative estimate of drug-likeness (QED) is 0.818. The van der Waals surface area contributed by atoms with Gasteiger partial charge in [-0.15, -0.1) is 22.7 Å². The SMILES string of the molecule is CC(C)(C)CCNC(c1cccs1)c1cccs1. The zero-order valence-corrected chi connectivity index (χ0v) is 12.9. The standard InChI is InChI=1S/C15H21NS2/c1-15(2,3)8-9-16-14(12-6-4-10-17-12)13-7-5-11-18-13/h4-7,10-11,14,16H,8-9H2,1-3H3. The molecule has 0 aliphatic heterocycles. The molecule has 0 amide bonds. The minimum atomic E-state index is 0.368. The van der Waals surface area contributed by atoms with Crippen molar-refractivity contribution in [3.63, 3.8) is 0 Å². The van der Waals surface area contributed by atoms with Crippen molar-refractivity contribution < 1.29 is 0 Å². The summed E-state index contributed by atoms with van der Waals surface area (Å²) < 4.78 is 0. The lowest BCUT2D eigenvalue weighted by Gasteiger charge is -2.21. The summed E-state index contributed by atoms with van der Waals surface area (Å²) in [6.45, 7) is 7.93. The van der Waals surface area contributed by atoms with Crippen LogP contribution in [0, 0.1) is 5.41 Å². The van der Waals surface area contributed by atoms with E-state index >= 15 is 0 Å². The molecular weight excluding hydrogens is 258 g/mol. The Morgan fingerprint density at radius 1 is 1.06 bits per heavy atom. The van der Waals surface area contributed by atoms with E-state index in [2.05, 4.69) is 61.1 Å². The fourth-order valence-corrected chi connectivity index (χ4v) is 3.55. The lowest BCUT2D eigenvalue weighted by Crippen LogP contribution is -2.25. The van der Waals surface area contributed by atoms with Crippen molar-refractivity contribution in [2.75, 3.05) is 6.54 Å². The fraction of sp³-hybridized carbons (Fsp3) is 0.467.